The first-order chi connectivity index (χ1) is 24.2. The molecule has 0 radical (unpaired) electrons. The Morgan fingerprint density at radius 1 is 0.780 bits per heavy atom. The second-order valence-corrected chi connectivity index (χ2v) is 14.8. The van der Waals surface area contributed by atoms with Crippen LogP contribution in [-0.4, -0.2) is 19.3 Å². The molecule has 3 atom stereocenters. The fourth-order valence-corrected chi connectivity index (χ4v) is 8.45. The van der Waals surface area contributed by atoms with Gasteiger partial charge in [0.2, 0.25) is 0 Å². The Bertz CT molecular complexity index is 2180. The summed E-state index contributed by atoms with van der Waals surface area (Å²) in [6.07, 6.45) is 12.3. The van der Waals surface area contributed by atoms with Gasteiger partial charge in [0.05, 0.1) is 22.4 Å². The van der Waals surface area contributed by atoms with Crippen LogP contribution in [0.15, 0.2) is 90.6 Å². The van der Waals surface area contributed by atoms with Gasteiger partial charge < -0.3 is 4.74 Å². The molecule has 0 fully saturated rings. The fourth-order valence-electron chi connectivity index (χ4n) is 8.45. The second kappa shape index (κ2) is 14.3. The minimum Gasteiger partial charge on any atom is -0.457 e. The standard InChI is InChI=1S/C45H52N4O/c1-8-10-15-39-45(44-32(6)22-30(4)23-33(44)7)41(16-11-9-2)49(47-39)34-24-31(5)25-36(27-34)50-35-18-19-38-37-14-12-13-17-40(37)48(42(38)28-35)43-26-29(3)20-21-46-43/h12-14,17-22,24-28,30,33,44H,8-11,15-16,23H2,1-7H3/t30?,33-,44+/m0/s1. The third kappa shape index (κ3) is 6.51. The third-order valence-electron chi connectivity index (χ3n) is 10.6. The number of ether oxygens (including phenoxy) is 1. The summed E-state index contributed by atoms with van der Waals surface area (Å²) < 4.78 is 11.3. The SMILES string of the molecule is CCCCc1nn(-c2cc(C)cc(Oc3ccc4c5ccccc5n(-c5cc(C)ccn5)c4c3)c2)c(CCCC)c1[C@@H]1C(C)=CC(C)C[C@@H]1C. The summed E-state index contributed by atoms with van der Waals surface area (Å²) >= 11 is 0. The quantitative estimate of drug-likeness (QED) is 0.129. The van der Waals surface area contributed by atoms with Crippen molar-refractivity contribution in [1.82, 2.24) is 19.3 Å². The van der Waals surface area contributed by atoms with Gasteiger partial charge >= 0.3 is 0 Å². The lowest BCUT2D eigenvalue weighted by Gasteiger charge is -2.33. The molecule has 1 unspecified atom stereocenters. The van der Waals surface area contributed by atoms with Crippen molar-refractivity contribution in [3.05, 3.63) is 119 Å². The zero-order valence-electron chi connectivity index (χ0n) is 31.0. The van der Waals surface area contributed by atoms with E-state index in [4.69, 9.17) is 14.8 Å². The maximum atomic E-state index is 6.74. The van der Waals surface area contributed by atoms with E-state index in [0.717, 1.165) is 78.1 Å². The molecular weight excluding hydrogens is 613 g/mol. The Labute approximate surface area is 298 Å². The summed E-state index contributed by atoms with van der Waals surface area (Å²) in [5.74, 6) is 4.16. The summed E-state index contributed by atoms with van der Waals surface area (Å²) in [4.78, 5) is 4.77. The highest BCUT2D eigenvalue weighted by Crippen LogP contribution is 2.44. The number of para-hydroxylation sites is 1. The average Bonchev–Trinajstić information content (AvgIpc) is 3.60. The van der Waals surface area contributed by atoms with Crippen LogP contribution in [0.3, 0.4) is 0 Å². The lowest BCUT2D eigenvalue weighted by Crippen LogP contribution is -2.21. The van der Waals surface area contributed by atoms with E-state index in [-0.39, 0.29) is 0 Å². The summed E-state index contributed by atoms with van der Waals surface area (Å²) in [7, 11) is 0. The fraction of sp³-hybridized carbons (Fsp3) is 0.378. The molecular formula is C45H52N4O. The van der Waals surface area contributed by atoms with E-state index >= 15 is 0 Å². The van der Waals surface area contributed by atoms with Crippen LogP contribution in [0.4, 0.5) is 0 Å². The van der Waals surface area contributed by atoms with Crippen molar-refractivity contribution in [1.29, 1.82) is 0 Å². The molecule has 3 aromatic heterocycles. The molecule has 5 nitrogen and oxygen atoms in total. The van der Waals surface area contributed by atoms with Crippen LogP contribution in [-0.2, 0) is 12.8 Å². The summed E-state index contributed by atoms with van der Waals surface area (Å²) in [5.41, 5.74) is 11.3. The predicted molar refractivity (Wildman–Crippen MR) is 208 cm³/mol. The largest absolute Gasteiger partial charge is 0.457 e. The zero-order chi connectivity index (χ0) is 34.9. The van der Waals surface area contributed by atoms with Gasteiger partial charge in [-0.05, 0) is 118 Å². The smallest absolute Gasteiger partial charge is 0.137 e. The molecule has 0 amide bonds. The molecule has 1 aliphatic carbocycles. The van der Waals surface area contributed by atoms with Gasteiger partial charge in [0.1, 0.15) is 17.3 Å². The molecule has 7 rings (SSSR count). The number of allylic oxidation sites excluding steroid dienone is 2. The van der Waals surface area contributed by atoms with Crippen molar-refractivity contribution in [3.63, 3.8) is 0 Å². The third-order valence-corrected chi connectivity index (χ3v) is 10.6. The number of hydrogen-bond acceptors (Lipinski definition) is 3. The highest BCUT2D eigenvalue weighted by molar-refractivity contribution is 6.09. The molecule has 0 saturated heterocycles. The van der Waals surface area contributed by atoms with Crippen molar-refractivity contribution >= 4 is 21.8 Å². The molecule has 0 saturated carbocycles. The monoisotopic (exact) mass is 664 g/mol. The van der Waals surface area contributed by atoms with E-state index in [9.17, 15) is 0 Å². The number of benzene rings is 3. The first-order valence-electron chi connectivity index (χ1n) is 18.8. The molecule has 0 spiro atoms. The maximum Gasteiger partial charge on any atom is 0.137 e. The van der Waals surface area contributed by atoms with Gasteiger partial charge in [-0.3, -0.25) is 4.57 Å². The van der Waals surface area contributed by atoms with Crippen LogP contribution in [0.2, 0.25) is 0 Å². The number of pyridine rings is 1. The Balaban J connectivity index is 1.32. The van der Waals surface area contributed by atoms with E-state index < -0.39 is 0 Å². The van der Waals surface area contributed by atoms with Gasteiger partial charge in [-0.1, -0.05) is 70.4 Å². The van der Waals surface area contributed by atoms with Gasteiger partial charge in [-0.25, -0.2) is 9.67 Å². The van der Waals surface area contributed by atoms with Crippen LogP contribution in [0.5, 0.6) is 11.5 Å². The van der Waals surface area contributed by atoms with Gasteiger partial charge in [0, 0.05) is 46.3 Å². The zero-order valence-corrected chi connectivity index (χ0v) is 31.0. The van der Waals surface area contributed by atoms with Gasteiger partial charge in [-0.15, -0.1) is 0 Å². The molecule has 3 aromatic carbocycles. The highest BCUT2D eigenvalue weighted by Gasteiger charge is 2.33. The van der Waals surface area contributed by atoms with E-state index in [0.29, 0.717) is 17.8 Å². The van der Waals surface area contributed by atoms with Crippen LogP contribution in [0.25, 0.3) is 33.3 Å². The first-order valence-corrected chi connectivity index (χ1v) is 18.8. The van der Waals surface area contributed by atoms with E-state index in [1.165, 1.54) is 45.3 Å². The van der Waals surface area contributed by atoms with Gasteiger partial charge in [0.15, 0.2) is 0 Å². The summed E-state index contributed by atoms with van der Waals surface area (Å²) in [6.45, 7) is 16.0. The van der Waals surface area contributed by atoms with Crippen LogP contribution >= 0.6 is 0 Å². The van der Waals surface area contributed by atoms with Crippen molar-refractivity contribution in [2.45, 2.75) is 99.3 Å². The van der Waals surface area contributed by atoms with Gasteiger partial charge in [0.25, 0.3) is 0 Å². The normalized spacial score (nSPS) is 17.8. The molecule has 5 heteroatoms. The van der Waals surface area contributed by atoms with Crippen molar-refractivity contribution in [2.75, 3.05) is 0 Å². The highest BCUT2D eigenvalue weighted by atomic mass is 16.5. The second-order valence-electron chi connectivity index (χ2n) is 14.8. The Morgan fingerprint density at radius 3 is 2.34 bits per heavy atom. The molecule has 3 heterocycles. The molecule has 1 aliphatic rings. The Morgan fingerprint density at radius 2 is 1.56 bits per heavy atom. The minimum absolute atomic E-state index is 0.417. The summed E-state index contributed by atoms with van der Waals surface area (Å²) in [6, 6.07) is 25.7. The number of rotatable bonds is 11. The summed E-state index contributed by atoms with van der Waals surface area (Å²) in [5, 5.41) is 7.85. The minimum atomic E-state index is 0.417. The maximum absolute atomic E-state index is 6.74. The Hall–Kier alpha value is -4.64. The number of nitrogens with zero attached hydrogens (tertiary/aromatic N) is 4. The predicted octanol–water partition coefficient (Wildman–Crippen LogP) is 12.2. The number of fused-ring (bicyclic) bond motifs is 3. The lowest BCUT2D eigenvalue weighted by molar-refractivity contribution is 0.388. The molecule has 258 valence electrons. The topological polar surface area (TPSA) is 44.9 Å². The van der Waals surface area contributed by atoms with Crippen molar-refractivity contribution in [2.24, 2.45) is 11.8 Å². The van der Waals surface area contributed by atoms with Crippen molar-refractivity contribution < 1.29 is 4.74 Å². The number of aryl methyl sites for hydroxylation is 3. The molecule has 6 aromatic rings. The van der Waals surface area contributed by atoms with Crippen LogP contribution in [0.1, 0.15) is 101 Å². The number of hydrogen-bond donors (Lipinski definition) is 0. The van der Waals surface area contributed by atoms with Crippen LogP contribution < -0.4 is 4.74 Å². The van der Waals surface area contributed by atoms with Crippen LogP contribution in [0, 0.1) is 25.7 Å². The number of unbranched alkanes of at least 4 members (excludes halogenated alkanes) is 2. The van der Waals surface area contributed by atoms with E-state index in [1.807, 2.05) is 12.3 Å². The molecule has 0 N–H and O–H groups in total. The van der Waals surface area contributed by atoms with Crippen molar-refractivity contribution in [3.8, 4) is 23.0 Å². The first kappa shape index (κ1) is 33.8. The Kier molecular flexibility index (Phi) is 9.68. The average molecular weight is 665 g/mol. The number of aromatic nitrogens is 4. The van der Waals surface area contributed by atoms with E-state index in [2.05, 4.69) is 131 Å². The molecule has 0 aliphatic heterocycles. The van der Waals surface area contributed by atoms with Gasteiger partial charge in [-0.2, -0.15) is 5.10 Å². The lowest BCUT2D eigenvalue weighted by atomic mass is 9.71. The van der Waals surface area contributed by atoms with E-state index in [1.54, 1.807) is 0 Å². The molecule has 50 heavy (non-hydrogen) atoms. The molecule has 0 bridgehead atoms.